The Balaban J connectivity index is 2.52. The molecule has 0 saturated carbocycles. The molecule has 0 bridgehead atoms. The Morgan fingerprint density at radius 1 is 1.22 bits per heavy atom. The van der Waals surface area contributed by atoms with Crippen LogP contribution in [0.15, 0.2) is 41.1 Å². The Labute approximate surface area is 139 Å². The molecule has 1 aromatic carbocycles. The number of dihydropyridines is 1. The highest BCUT2D eigenvalue weighted by atomic mass is 35.5. The fourth-order valence-corrected chi connectivity index (χ4v) is 2.60. The van der Waals surface area contributed by atoms with Gasteiger partial charge in [-0.05, 0) is 19.9 Å². The Morgan fingerprint density at radius 3 is 2.52 bits per heavy atom. The molecule has 1 aliphatic rings. The van der Waals surface area contributed by atoms with E-state index in [2.05, 4.69) is 5.32 Å². The van der Waals surface area contributed by atoms with Gasteiger partial charge in [0.05, 0.1) is 30.6 Å². The normalized spacial score (nSPS) is 14.4. The van der Waals surface area contributed by atoms with Crippen LogP contribution >= 0.6 is 11.6 Å². The van der Waals surface area contributed by atoms with Gasteiger partial charge in [0.15, 0.2) is 0 Å². The quantitative estimate of drug-likeness (QED) is 0.857. The summed E-state index contributed by atoms with van der Waals surface area (Å²) in [6.07, 6.45) is 0.130. The Bertz CT molecular complexity index is 706. The fraction of sp³-hybridized carbons (Fsp3) is 0.294. The molecule has 6 heteroatoms. The van der Waals surface area contributed by atoms with Crippen molar-refractivity contribution < 1.29 is 19.1 Å². The van der Waals surface area contributed by atoms with Crippen molar-refractivity contribution in [3.8, 4) is 0 Å². The maximum Gasteiger partial charge on any atom is 0.336 e. The summed E-state index contributed by atoms with van der Waals surface area (Å²) in [5, 5.41) is 3.61. The number of nitrogens with one attached hydrogen (secondary N) is 1. The van der Waals surface area contributed by atoms with E-state index in [1.807, 2.05) is 12.1 Å². The first-order valence-electron chi connectivity index (χ1n) is 7.19. The van der Waals surface area contributed by atoms with E-state index >= 15 is 0 Å². The van der Waals surface area contributed by atoms with Gasteiger partial charge in [0.1, 0.15) is 0 Å². The fourth-order valence-electron chi connectivity index (χ4n) is 2.37. The summed E-state index contributed by atoms with van der Waals surface area (Å²) in [4.78, 5) is 24.2. The summed E-state index contributed by atoms with van der Waals surface area (Å²) in [5.41, 5.74) is 2.61. The molecule has 0 spiro atoms. The van der Waals surface area contributed by atoms with Crippen LogP contribution in [0.25, 0.3) is 5.70 Å². The van der Waals surface area contributed by atoms with E-state index in [-0.39, 0.29) is 13.0 Å². The second-order valence-corrected chi connectivity index (χ2v) is 5.36. The van der Waals surface area contributed by atoms with Crippen LogP contribution in [0.3, 0.4) is 0 Å². The molecule has 5 nitrogen and oxygen atoms in total. The molecule has 2 rings (SSSR count). The number of esters is 2. The van der Waals surface area contributed by atoms with Crippen LogP contribution in [-0.2, 0) is 19.1 Å². The zero-order valence-corrected chi connectivity index (χ0v) is 14.0. The first-order chi connectivity index (χ1) is 11.0. The molecule has 122 valence electrons. The first-order valence-corrected chi connectivity index (χ1v) is 7.57. The molecule has 1 heterocycles. The molecule has 1 N–H and O–H groups in total. The first kappa shape index (κ1) is 17.1. The molecule has 0 saturated heterocycles. The maximum absolute atomic E-state index is 12.3. The second-order valence-electron chi connectivity index (χ2n) is 4.95. The number of carbonyl (C=O) groups is 2. The van der Waals surface area contributed by atoms with Crippen molar-refractivity contribution in [2.24, 2.45) is 0 Å². The minimum absolute atomic E-state index is 0.130. The minimum Gasteiger partial charge on any atom is -0.466 e. The highest BCUT2D eigenvalue weighted by Crippen LogP contribution is 2.33. The molecule has 1 aromatic rings. The summed E-state index contributed by atoms with van der Waals surface area (Å²) in [6.45, 7) is 3.73. The van der Waals surface area contributed by atoms with Crippen LogP contribution in [-0.4, -0.2) is 25.7 Å². The molecule has 0 aromatic heterocycles. The average molecular weight is 336 g/mol. The SMILES string of the molecule is CCOC(=O)C1=C(c2ccccc2Cl)NC(C)=C(C(=O)OC)C1. The summed E-state index contributed by atoms with van der Waals surface area (Å²) >= 11 is 6.24. The van der Waals surface area contributed by atoms with Crippen LogP contribution in [0.4, 0.5) is 0 Å². The van der Waals surface area contributed by atoms with E-state index in [9.17, 15) is 9.59 Å². The lowest BCUT2D eigenvalue weighted by Gasteiger charge is -2.24. The van der Waals surface area contributed by atoms with Crippen LogP contribution in [0.1, 0.15) is 25.8 Å². The number of carbonyl (C=O) groups excluding carboxylic acids is 2. The zero-order valence-electron chi connectivity index (χ0n) is 13.2. The van der Waals surface area contributed by atoms with Crippen LogP contribution in [0.2, 0.25) is 5.02 Å². The Kier molecular flexibility index (Phi) is 5.45. The molecule has 0 amide bonds. The predicted octanol–water partition coefficient (Wildman–Crippen LogP) is 3.05. The third-order valence-corrected chi connectivity index (χ3v) is 3.85. The van der Waals surface area contributed by atoms with Gasteiger partial charge in [0, 0.05) is 22.7 Å². The predicted molar refractivity (Wildman–Crippen MR) is 87.5 cm³/mol. The van der Waals surface area contributed by atoms with E-state index in [4.69, 9.17) is 21.1 Å². The number of halogens is 1. The lowest BCUT2D eigenvalue weighted by molar-refractivity contribution is -0.138. The van der Waals surface area contributed by atoms with Crippen molar-refractivity contribution in [2.45, 2.75) is 20.3 Å². The van der Waals surface area contributed by atoms with Crippen LogP contribution in [0.5, 0.6) is 0 Å². The van der Waals surface area contributed by atoms with Crippen molar-refractivity contribution in [1.82, 2.24) is 5.32 Å². The highest BCUT2D eigenvalue weighted by molar-refractivity contribution is 6.32. The van der Waals surface area contributed by atoms with Crippen molar-refractivity contribution in [3.63, 3.8) is 0 Å². The minimum atomic E-state index is -0.483. The van der Waals surface area contributed by atoms with E-state index < -0.39 is 11.9 Å². The summed E-state index contributed by atoms with van der Waals surface area (Å²) in [5.74, 6) is -0.959. The van der Waals surface area contributed by atoms with Gasteiger partial charge < -0.3 is 14.8 Å². The van der Waals surface area contributed by atoms with Crippen molar-refractivity contribution in [1.29, 1.82) is 0 Å². The van der Waals surface area contributed by atoms with E-state index in [1.165, 1.54) is 7.11 Å². The summed E-state index contributed by atoms with van der Waals surface area (Å²) in [7, 11) is 1.31. The molecule has 0 fully saturated rings. The highest BCUT2D eigenvalue weighted by Gasteiger charge is 2.29. The van der Waals surface area contributed by atoms with Crippen LogP contribution < -0.4 is 5.32 Å². The standard InChI is InChI=1S/C17H18ClNO4/c1-4-23-17(21)13-9-12(16(20)22-3)10(2)19-15(13)11-7-5-6-8-14(11)18/h5-8,19H,4,9H2,1-3H3. The average Bonchev–Trinajstić information content (AvgIpc) is 2.54. The Morgan fingerprint density at radius 2 is 1.91 bits per heavy atom. The molecular weight excluding hydrogens is 318 g/mol. The van der Waals surface area contributed by atoms with Gasteiger partial charge in [-0.3, -0.25) is 0 Å². The third kappa shape index (κ3) is 3.56. The van der Waals surface area contributed by atoms with E-state index in [1.54, 1.807) is 26.0 Å². The molecule has 1 aliphatic heterocycles. The topological polar surface area (TPSA) is 64.6 Å². The second kappa shape index (κ2) is 7.33. The van der Waals surface area contributed by atoms with Crippen molar-refractivity contribution >= 4 is 29.2 Å². The van der Waals surface area contributed by atoms with Crippen molar-refractivity contribution in [3.05, 3.63) is 51.7 Å². The van der Waals surface area contributed by atoms with Gasteiger partial charge in [-0.1, -0.05) is 29.8 Å². The van der Waals surface area contributed by atoms with Gasteiger partial charge >= 0.3 is 11.9 Å². The van der Waals surface area contributed by atoms with Crippen LogP contribution in [0, 0.1) is 0 Å². The number of benzene rings is 1. The van der Waals surface area contributed by atoms with Crippen molar-refractivity contribution in [2.75, 3.05) is 13.7 Å². The molecule has 0 aliphatic carbocycles. The summed E-state index contributed by atoms with van der Waals surface area (Å²) < 4.78 is 9.89. The Hall–Kier alpha value is -2.27. The van der Waals surface area contributed by atoms with Gasteiger partial charge in [-0.25, -0.2) is 9.59 Å². The largest absolute Gasteiger partial charge is 0.466 e. The lowest BCUT2D eigenvalue weighted by atomic mass is 9.94. The summed E-state index contributed by atoms with van der Waals surface area (Å²) in [6, 6.07) is 7.18. The zero-order chi connectivity index (χ0) is 17.0. The molecule has 0 atom stereocenters. The maximum atomic E-state index is 12.3. The lowest BCUT2D eigenvalue weighted by Crippen LogP contribution is -2.27. The number of ether oxygens (including phenoxy) is 2. The number of hydrogen-bond acceptors (Lipinski definition) is 5. The molecule has 0 unspecified atom stereocenters. The van der Waals surface area contributed by atoms with Gasteiger partial charge in [-0.15, -0.1) is 0 Å². The van der Waals surface area contributed by atoms with Gasteiger partial charge in [0.2, 0.25) is 0 Å². The van der Waals surface area contributed by atoms with Gasteiger partial charge in [-0.2, -0.15) is 0 Å². The molecular formula is C17H18ClNO4. The third-order valence-electron chi connectivity index (χ3n) is 3.52. The number of methoxy groups -OCH3 is 1. The molecule has 23 heavy (non-hydrogen) atoms. The molecule has 0 radical (unpaired) electrons. The van der Waals surface area contributed by atoms with E-state index in [0.29, 0.717) is 33.1 Å². The smallest absolute Gasteiger partial charge is 0.336 e. The monoisotopic (exact) mass is 335 g/mol. The number of allylic oxidation sites excluding steroid dienone is 1. The number of hydrogen-bond donors (Lipinski definition) is 1. The van der Waals surface area contributed by atoms with Gasteiger partial charge in [0.25, 0.3) is 0 Å². The van der Waals surface area contributed by atoms with E-state index in [0.717, 1.165) is 0 Å². The number of rotatable bonds is 4.